The first-order valence-electron chi connectivity index (χ1n) is 7.99. The number of carbonyl (C=O) groups excluding carboxylic acids is 3. The lowest BCUT2D eigenvalue weighted by molar-refractivity contribution is 0.0692. The van der Waals surface area contributed by atoms with E-state index in [0.717, 1.165) is 4.90 Å². The summed E-state index contributed by atoms with van der Waals surface area (Å²) in [6, 6.07) is 10.5. The normalized spacial score (nSPS) is 13.0. The van der Waals surface area contributed by atoms with E-state index in [1.54, 1.807) is 19.2 Å². The monoisotopic (exact) mass is 356 g/mol. The fourth-order valence-corrected chi connectivity index (χ4v) is 2.67. The number of rotatable bonds is 5. The van der Waals surface area contributed by atoms with Crippen molar-refractivity contribution >= 4 is 17.7 Å². The summed E-state index contributed by atoms with van der Waals surface area (Å²) >= 11 is 0. The zero-order valence-electron chi connectivity index (χ0n) is 14.4. The van der Waals surface area contributed by atoms with Crippen molar-refractivity contribution in [3.63, 3.8) is 0 Å². The summed E-state index contributed by atoms with van der Waals surface area (Å²) in [5, 5.41) is 0. The van der Waals surface area contributed by atoms with E-state index in [2.05, 4.69) is 0 Å². The maximum atomic E-state index is 13.5. The second-order valence-corrected chi connectivity index (χ2v) is 5.94. The first-order chi connectivity index (χ1) is 12.4. The van der Waals surface area contributed by atoms with Gasteiger partial charge in [-0.15, -0.1) is 0 Å². The summed E-state index contributed by atoms with van der Waals surface area (Å²) in [4.78, 5) is 38.9. The number of amides is 3. The number of fused-ring (bicyclic) bond motifs is 1. The molecule has 0 bridgehead atoms. The van der Waals surface area contributed by atoms with Gasteiger partial charge in [-0.05, 0) is 30.3 Å². The molecule has 0 saturated heterocycles. The number of para-hydroxylation sites is 1. The Morgan fingerprint density at radius 1 is 1.12 bits per heavy atom. The lowest BCUT2D eigenvalue weighted by atomic mass is 10.1. The molecule has 1 heterocycles. The summed E-state index contributed by atoms with van der Waals surface area (Å²) in [7, 11) is 2.98. The van der Waals surface area contributed by atoms with Crippen LogP contribution < -0.4 is 4.74 Å². The minimum absolute atomic E-state index is 0.119. The van der Waals surface area contributed by atoms with Gasteiger partial charge in [-0.1, -0.05) is 12.1 Å². The maximum Gasteiger partial charge on any atom is 0.261 e. The smallest absolute Gasteiger partial charge is 0.261 e. The third-order valence-electron chi connectivity index (χ3n) is 4.20. The van der Waals surface area contributed by atoms with Crippen molar-refractivity contribution in [2.75, 3.05) is 27.2 Å². The number of nitrogens with zero attached hydrogens (tertiary/aromatic N) is 2. The van der Waals surface area contributed by atoms with Gasteiger partial charge in [0.15, 0.2) is 11.6 Å². The van der Waals surface area contributed by atoms with Crippen molar-refractivity contribution < 1.29 is 23.5 Å². The van der Waals surface area contributed by atoms with Crippen LogP contribution in [0.15, 0.2) is 42.5 Å². The van der Waals surface area contributed by atoms with Gasteiger partial charge < -0.3 is 9.64 Å². The van der Waals surface area contributed by atoms with E-state index in [4.69, 9.17) is 4.74 Å². The SMILES string of the molecule is CN(CCOc1ccccc1F)C(=O)c1ccc2c(c1)C(=O)N(C)C2=O. The fourth-order valence-electron chi connectivity index (χ4n) is 2.67. The lowest BCUT2D eigenvalue weighted by Gasteiger charge is -2.18. The topological polar surface area (TPSA) is 66.9 Å². The van der Waals surface area contributed by atoms with Crippen molar-refractivity contribution in [1.29, 1.82) is 0 Å². The molecule has 3 rings (SSSR count). The van der Waals surface area contributed by atoms with Crippen molar-refractivity contribution in [3.05, 3.63) is 65.0 Å². The predicted molar refractivity (Wildman–Crippen MR) is 91.7 cm³/mol. The van der Waals surface area contributed by atoms with E-state index in [9.17, 15) is 18.8 Å². The number of hydrogen-bond donors (Lipinski definition) is 0. The molecular weight excluding hydrogens is 339 g/mol. The Hall–Kier alpha value is -3.22. The molecule has 6 nitrogen and oxygen atoms in total. The van der Waals surface area contributed by atoms with Gasteiger partial charge in [0, 0.05) is 19.7 Å². The molecule has 0 radical (unpaired) electrons. The molecule has 1 aliphatic rings. The van der Waals surface area contributed by atoms with Gasteiger partial charge in [0.05, 0.1) is 17.7 Å². The van der Waals surface area contributed by atoms with Crippen molar-refractivity contribution in [1.82, 2.24) is 9.80 Å². The Bertz CT molecular complexity index is 897. The minimum atomic E-state index is -0.465. The molecule has 0 aromatic heterocycles. The zero-order valence-corrected chi connectivity index (χ0v) is 14.4. The van der Waals surface area contributed by atoms with Crippen LogP contribution in [0.2, 0.25) is 0 Å². The van der Waals surface area contributed by atoms with Crippen LogP contribution in [-0.2, 0) is 0 Å². The maximum absolute atomic E-state index is 13.5. The minimum Gasteiger partial charge on any atom is -0.489 e. The molecule has 26 heavy (non-hydrogen) atoms. The number of halogens is 1. The molecule has 0 saturated carbocycles. The molecule has 1 aliphatic heterocycles. The molecule has 0 aliphatic carbocycles. The second-order valence-electron chi connectivity index (χ2n) is 5.94. The van der Waals surface area contributed by atoms with Gasteiger partial charge in [0.2, 0.25) is 0 Å². The van der Waals surface area contributed by atoms with Gasteiger partial charge >= 0.3 is 0 Å². The van der Waals surface area contributed by atoms with Crippen LogP contribution in [0.3, 0.4) is 0 Å². The third kappa shape index (κ3) is 3.15. The largest absolute Gasteiger partial charge is 0.489 e. The number of hydrogen-bond acceptors (Lipinski definition) is 4. The highest BCUT2D eigenvalue weighted by atomic mass is 19.1. The van der Waals surface area contributed by atoms with Crippen molar-refractivity contribution in [3.8, 4) is 5.75 Å². The first kappa shape index (κ1) is 17.6. The fraction of sp³-hybridized carbons (Fsp3) is 0.211. The van der Waals surface area contributed by atoms with E-state index < -0.39 is 11.7 Å². The quantitative estimate of drug-likeness (QED) is 0.771. The van der Waals surface area contributed by atoms with Crippen LogP contribution in [0.4, 0.5) is 4.39 Å². The van der Waals surface area contributed by atoms with Crippen LogP contribution in [-0.4, -0.2) is 54.8 Å². The molecule has 0 unspecified atom stereocenters. The standard InChI is InChI=1S/C19H17FN2O4/c1-21(9-10-26-16-6-4-3-5-15(16)20)17(23)12-7-8-13-14(11-12)19(25)22(2)18(13)24/h3-8,11H,9-10H2,1-2H3. The highest BCUT2D eigenvalue weighted by molar-refractivity contribution is 6.21. The third-order valence-corrected chi connectivity index (χ3v) is 4.20. The molecule has 134 valence electrons. The van der Waals surface area contributed by atoms with Crippen molar-refractivity contribution in [2.24, 2.45) is 0 Å². The van der Waals surface area contributed by atoms with Crippen LogP contribution in [0.1, 0.15) is 31.1 Å². The number of ether oxygens (including phenoxy) is 1. The van der Waals surface area contributed by atoms with Gasteiger partial charge in [-0.2, -0.15) is 0 Å². The van der Waals surface area contributed by atoms with E-state index >= 15 is 0 Å². The molecule has 2 aromatic rings. The number of likely N-dealkylation sites (N-methyl/N-ethyl adjacent to an activating group) is 1. The number of imide groups is 1. The summed E-state index contributed by atoms with van der Waals surface area (Å²) in [5.41, 5.74) is 0.813. The molecule has 7 heteroatoms. The summed E-state index contributed by atoms with van der Waals surface area (Å²) in [6.07, 6.45) is 0. The molecule has 0 fully saturated rings. The Labute approximate surface area is 149 Å². The lowest BCUT2D eigenvalue weighted by Crippen LogP contribution is -2.31. The van der Waals surface area contributed by atoms with Gasteiger partial charge in [-0.25, -0.2) is 4.39 Å². The predicted octanol–water partition coefficient (Wildman–Crippen LogP) is 2.20. The summed E-state index contributed by atoms with van der Waals surface area (Å²) in [5.74, 6) is -1.47. The van der Waals surface area contributed by atoms with E-state index in [1.807, 2.05) is 0 Å². The van der Waals surface area contributed by atoms with E-state index in [0.29, 0.717) is 11.1 Å². The van der Waals surface area contributed by atoms with E-state index in [1.165, 1.54) is 42.3 Å². The van der Waals surface area contributed by atoms with Crippen molar-refractivity contribution in [2.45, 2.75) is 0 Å². The zero-order chi connectivity index (χ0) is 18.8. The molecule has 0 N–H and O–H groups in total. The Balaban J connectivity index is 1.65. The van der Waals surface area contributed by atoms with Gasteiger partial charge in [-0.3, -0.25) is 19.3 Å². The number of benzene rings is 2. The molecule has 0 atom stereocenters. The van der Waals surface area contributed by atoms with Gasteiger partial charge in [0.1, 0.15) is 6.61 Å². The number of carbonyl (C=O) groups is 3. The van der Waals surface area contributed by atoms with Crippen LogP contribution in [0.25, 0.3) is 0 Å². The molecule has 2 aromatic carbocycles. The molecular formula is C19H17FN2O4. The summed E-state index contributed by atoms with van der Waals surface area (Å²) in [6.45, 7) is 0.352. The Morgan fingerprint density at radius 2 is 1.81 bits per heavy atom. The van der Waals surface area contributed by atoms with Crippen LogP contribution in [0, 0.1) is 5.82 Å². The average molecular weight is 356 g/mol. The molecule has 0 spiro atoms. The van der Waals surface area contributed by atoms with Crippen LogP contribution >= 0.6 is 0 Å². The summed E-state index contributed by atoms with van der Waals surface area (Å²) < 4.78 is 18.8. The second kappa shape index (κ2) is 6.95. The first-order valence-corrected chi connectivity index (χ1v) is 7.99. The average Bonchev–Trinajstić information content (AvgIpc) is 2.86. The Kier molecular flexibility index (Phi) is 4.71. The highest BCUT2D eigenvalue weighted by Crippen LogP contribution is 2.23. The molecule has 3 amide bonds. The van der Waals surface area contributed by atoms with Gasteiger partial charge in [0.25, 0.3) is 17.7 Å². The highest BCUT2D eigenvalue weighted by Gasteiger charge is 2.33. The van der Waals surface area contributed by atoms with Crippen LogP contribution in [0.5, 0.6) is 5.75 Å². The van der Waals surface area contributed by atoms with E-state index in [-0.39, 0.29) is 36.3 Å². The Morgan fingerprint density at radius 3 is 2.54 bits per heavy atom.